The fourth-order valence-electron chi connectivity index (χ4n) is 1.29. The molecule has 0 fully saturated rings. The molecule has 0 unspecified atom stereocenters. The van der Waals surface area contributed by atoms with Crippen LogP contribution in [0.3, 0.4) is 0 Å². The van der Waals surface area contributed by atoms with E-state index in [0.29, 0.717) is 11.4 Å². The van der Waals surface area contributed by atoms with Crippen molar-refractivity contribution < 1.29 is 8.78 Å². The van der Waals surface area contributed by atoms with Crippen LogP contribution < -0.4 is 5.73 Å². The van der Waals surface area contributed by atoms with Crippen LogP contribution in [0.4, 0.5) is 8.78 Å². The molecule has 0 aliphatic rings. The molecule has 3 nitrogen and oxygen atoms in total. The summed E-state index contributed by atoms with van der Waals surface area (Å²) in [5.41, 5.74) is 6.56. The maximum absolute atomic E-state index is 13.0. The summed E-state index contributed by atoms with van der Waals surface area (Å²) >= 11 is 3.28. The molecule has 1 heterocycles. The van der Waals surface area contributed by atoms with Gasteiger partial charge >= 0.3 is 0 Å². The number of nitrogens with zero attached hydrogens (tertiary/aromatic N) is 2. The summed E-state index contributed by atoms with van der Waals surface area (Å²) in [5, 5.41) is 4.12. The Labute approximate surface area is 99.0 Å². The molecular formula is C10H8BrF2N3. The fourth-order valence-corrected chi connectivity index (χ4v) is 1.72. The Bertz CT molecular complexity index is 525. The number of nitrogens with two attached hydrogens (primary N) is 1. The zero-order valence-electron chi connectivity index (χ0n) is 8.12. The lowest BCUT2D eigenvalue weighted by atomic mass is 10.3. The van der Waals surface area contributed by atoms with E-state index < -0.39 is 11.6 Å². The summed E-state index contributed by atoms with van der Waals surface area (Å²) in [6, 6.07) is 3.58. The largest absolute Gasteiger partial charge is 0.325 e. The first kappa shape index (κ1) is 11.2. The fraction of sp³-hybridized carbons (Fsp3) is 0.100. The number of hydrogen-bond donors (Lipinski definition) is 1. The first-order chi connectivity index (χ1) is 7.61. The molecule has 16 heavy (non-hydrogen) atoms. The third-order valence-electron chi connectivity index (χ3n) is 2.10. The maximum Gasteiger partial charge on any atom is 0.160 e. The summed E-state index contributed by atoms with van der Waals surface area (Å²) < 4.78 is 27.9. The molecule has 0 saturated heterocycles. The molecule has 0 atom stereocenters. The van der Waals surface area contributed by atoms with E-state index in [9.17, 15) is 8.78 Å². The summed E-state index contributed by atoms with van der Waals surface area (Å²) in [5.74, 6) is -1.78. The lowest BCUT2D eigenvalue weighted by Crippen LogP contribution is -2.01. The Morgan fingerprint density at radius 3 is 2.62 bits per heavy atom. The third-order valence-corrected chi connectivity index (χ3v) is 2.76. The minimum atomic E-state index is -0.904. The van der Waals surface area contributed by atoms with E-state index in [1.165, 1.54) is 10.7 Å². The Hall–Kier alpha value is -1.27. The van der Waals surface area contributed by atoms with E-state index in [4.69, 9.17) is 5.73 Å². The highest BCUT2D eigenvalue weighted by atomic mass is 79.9. The highest BCUT2D eigenvalue weighted by Crippen LogP contribution is 2.18. The van der Waals surface area contributed by atoms with Crippen molar-refractivity contribution in [2.45, 2.75) is 6.54 Å². The summed E-state index contributed by atoms with van der Waals surface area (Å²) in [4.78, 5) is 0. The van der Waals surface area contributed by atoms with Crippen molar-refractivity contribution in [2.24, 2.45) is 5.73 Å². The van der Waals surface area contributed by atoms with Crippen LogP contribution in [0.5, 0.6) is 0 Å². The lowest BCUT2D eigenvalue weighted by molar-refractivity contribution is 0.507. The monoisotopic (exact) mass is 287 g/mol. The molecule has 2 N–H and O–H groups in total. The number of hydrogen-bond acceptors (Lipinski definition) is 2. The van der Waals surface area contributed by atoms with Gasteiger partial charge in [-0.2, -0.15) is 5.10 Å². The Balaban J connectivity index is 2.46. The van der Waals surface area contributed by atoms with Crippen LogP contribution in [0.25, 0.3) is 5.69 Å². The standard InChI is InChI=1S/C10H8BrF2N3/c11-7-5-16(15-10(7)4-14)6-1-2-8(12)9(13)3-6/h1-3,5H,4,14H2. The molecule has 2 rings (SSSR count). The van der Waals surface area contributed by atoms with Gasteiger partial charge in [0.15, 0.2) is 11.6 Å². The predicted molar refractivity (Wildman–Crippen MR) is 59.1 cm³/mol. The van der Waals surface area contributed by atoms with Crippen LogP contribution in [0.2, 0.25) is 0 Å². The van der Waals surface area contributed by atoms with E-state index in [1.54, 1.807) is 6.20 Å². The first-order valence-corrected chi connectivity index (χ1v) is 5.30. The normalized spacial score (nSPS) is 10.8. The van der Waals surface area contributed by atoms with Crippen molar-refractivity contribution in [2.75, 3.05) is 0 Å². The molecule has 0 saturated carbocycles. The number of halogens is 3. The summed E-state index contributed by atoms with van der Waals surface area (Å²) in [7, 11) is 0. The molecule has 0 aliphatic carbocycles. The highest BCUT2D eigenvalue weighted by molar-refractivity contribution is 9.10. The van der Waals surface area contributed by atoms with Gasteiger partial charge in [-0.3, -0.25) is 0 Å². The Morgan fingerprint density at radius 2 is 2.06 bits per heavy atom. The van der Waals surface area contributed by atoms with Gasteiger partial charge in [-0.05, 0) is 28.1 Å². The van der Waals surface area contributed by atoms with E-state index in [2.05, 4.69) is 21.0 Å². The molecule has 1 aromatic carbocycles. The van der Waals surface area contributed by atoms with E-state index in [0.717, 1.165) is 16.6 Å². The van der Waals surface area contributed by atoms with Crippen molar-refractivity contribution >= 4 is 15.9 Å². The van der Waals surface area contributed by atoms with E-state index >= 15 is 0 Å². The van der Waals surface area contributed by atoms with Crippen LogP contribution in [0.15, 0.2) is 28.9 Å². The van der Waals surface area contributed by atoms with Crippen LogP contribution in [-0.2, 0) is 6.54 Å². The molecule has 0 bridgehead atoms. The van der Waals surface area contributed by atoms with Gasteiger partial charge in [0, 0.05) is 18.8 Å². The smallest absolute Gasteiger partial charge is 0.160 e. The molecule has 0 spiro atoms. The van der Waals surface area contributed by atoms with E-state index in [-0.39, 0.29) is 6.54 Å². The highest BCUT2D eigenvalue weighted by Gasteiger charge is 2.08. The van der Waals surface area contributed by atoms with Gasteiger partial charge in [0.05, 0.1) is 15.9 Å². The van der Waals surface area contributed by atoms with Crippen molar-refractivity contribution in [1.29, 1.82) is 0 Å². The maximum atomic E-state index is 13.0. The molecule has 84 valence electrons. The van der Waals surface area contributed by atoms with Crippen molar-refractivity contribution in [3.05, 3.63) is 46.2 Å². The predicted octanol–water partition coefficient (Wildman–Crippen LogP) is 2.37. The van der Waals surface area contributed by atoms with Gasteiger partial charge in [0.1, 0.15) is 0 Å². The molecule has 0 radical (unpaired) electrons. The van der Waals surface area contributed by atoms with Crippen LogP contribution in [0.1, 0.15) is 5.69 Å². The number of rotatable bonds is 2. The SMILES string of the molecule is NCc1nn(-c2ccc(F)c(F)c2)cc1Br. The van der Waals surface area contributed by atoms with Crippen LogP contribution in [0, 0.1) is 11.6 Å². The van der Waals surface area contributed by atoms with Crippen molar-refractivity contribution in [3.8, 4) is 5.69 Å². The average molecular weight is 288 g/mol. The second-order valence-corrected chi connectivity index (χ2v) is 4.03. The second-order valence-electron chi connectivity index (χ2n) is 3.17. The minimum absolute atomic E-state index is 0.275. The number of aromatic nitrogens is 2. The molecule has 0 aliphatic heterocycles. The Morgan fingerprint density at radius 1 is 1.31 bits per heavy atom. The lowest BCUT2D eigenvalue weighted by Gasteiger charge is -2.01. The van der Waals surface area contributed by atoms with Crippen molar-refractivity contribution in [3.63, 3.8) is 0 Å². The molecular weight excluding hydrogens is 280 g/mol. The molecule has 6 heteroatoms. The second kappa shape index (κ2) is 4.31. The molecule has 1 aromatic heterocycles. The zero-order valence-corrected chi connectivity index (χ0v) is 9.71. The topological polar surface area (TPSA) is 43.8 Å². The van der Waals surface area contributed by atoms with E-state index in [1.807, 2.05) is 0 Å². The van der Waals surface area contributed by atoms with Gasteiger partial charge in [0.2, 0.25) is 0 Å². The molecule has 0 amide bonds. The van der Waals surface area contributed by atoms with Gasteiger partial charge < -0.3 is 5.73 Å². The summed E-state index contributed by atoms with van der Waals surface area (Å²) in [6.45, 7) is 0.275. The Kier molecular flexibility index (Phi) is 3.02. The molecule has 2 aromatic rings. The van der Waals surface area contributed by atoms with Crippen LogP contribution in [-0.4, -0.2) is 9.78 Å². The van der Waals surface area contributed by atoms with Crippen LogP contribution >= 0.6 is 15.9 Å². The summed E-state index contributed by atoms with van der Waals surface area (Å²) in [6.07, 6.45) is 1.65. The number of benzene rings is 1. The van der Waals surface area contributed by atoms with Gasteiger partial charge in [0.25, 0.3) is 0 Å². The quantitative estimate of drug-likeness (QED) is 0.922. The zero-order chi connectivity index (χ0) is 11.7. The van der Waals surface area contributed by atoms with Gasteiger partial charge in [-0.1, -0.05) is 0 Å². The first-order valence-electron chi connectivity index (χ1n) is 4.51. The van der Waals surface area contributed by atoms with Crippen molar-refractivity contribution in [1.82, 2.24) is 9.78 Å². The van der Waals surface area contributed by atoms with Gasteiger partial charge in [-0.25, -0.2) is 13.5 Å². The van der Waals surface area contributed by atoms with Gasteiger partial charge in [-0.15, -0.1) is 0 Å². The minimum Gasteiger partial charge on any atom is -0.325 e. The average Bonchev–Trinajstić information content (AvgIpc) is 2.64. The third kappa shape index (κ3) is 1.98.